The molecule has 11 heteroatoms. The van der Waals surface area contributed by atoms with Gasteiger partial charge in [0.25, 0.3) is 5.91 Å². The first-order valence-electron chi connectivity index (χ1n) is 7.62. The molecule has 0 spiro atoms. The number of hydrogen-bond donors (Lipinski definition) is 3. The third kappa shape index (κ3) is 8.35. The average molecular weight is 418 g/mol. The number of hydrogen-bond acceptors (Lipinski definition) is 4. The summed E-state index contributed by atoms with van der Waals surface area (Å²) in [4.78, 5) is 11.5. The van der Waals surface area contributed by atoms with Gasteiger partial charge >= 0.3 is 6.18 Å². The molecule has 26 heavy (non-hydrogen) atoms. The summed E-state index contributed by atoms with van der Waals surface area (Å²) in [6, 6.07) is 4.20. The first kappa shape index (κ1) is 24.6. The van der Waals surface area contributed by atoms with E-state index in [9.17, 15) is 26.4 Å². The maximum atomic E-state index is 12.3. The van der Waals surface area contributed by atoms with Crippen LogP contribution in [-0.4, -0.2) is 39.6 Å². The summed E-state index contributed by atoms with van der Waals surface area (Å²) in [6.07, 6.45) is -3.95. The highest BCUT2D eigenvalue weighted by Gasteiger charge is 2.28. The normalized spacial score (nSPS) is 13.2. The van der Waals surface area contributed by atoms with E-state index in [-0.39, 0.29) is 35.3 Å². The van der Waals surface area contributed by atoms with Crippen LogP contribution < -0.4 is 15.8 Å². The fraction of sp³-hybridized carbons (Fsp3) is 0.533. The van der Waals surface area contributed by atoms with Crippen LogP contribution in [0.25, 0.3) is 0 Å². The molecule has 1 unspecified atom stereocenters. The number of carbonyl (C=O) groups excluding carboxylic acids is 1. The molecule has 0 aromatic heterocycles. The van der Waals surface area contributed by atoms with Gasteiger partial charge in [-0.15, -0.1) is 12.4 Å². The van der Waals surface area contributed by atoms with Crippen molar-refractivity contribution < 1.29 is 26.4 Å². The summed E-state index contributed by atoms with van der Waals surface area (Å²) in [5.41, 5.74) is 5.50. The number of amides is 1. The highest BCUT2D eigenvalue weighted by atomic mass is 35.5. The smallest absolute Gasteiger partial charge is 0.343 e. The van der Waals surface area contributed by atoms with Crippen molar-refractivity contribution in [1.82, 2.24) is 10.0 Å². The Morgan fingerprint density at radius 3 is 2.15 bits per heavy atom. The van der Waals surface area contributed by atoms with Gasteiger partial charge in [-0.2, -0.15) is 13.2 Å². The van der Waals surface area contributed by atoms with Crippen LogP contribution in [0.2, 0.25) is 0 Å². The van der Waals surface area contributed by atoms with E-state index in [1.165, 1.54) is 0 Å². The van der Waals surface area contributed by atoms with E-state index in [1.54, 1.807) is 5.32 Å². The highest BCUT2D eigenvalue weighted by Crippen LogP contribution is 2.15. The lowest BCUT2D eigenvalue weighted by molar-refractivity contribution is -0.123. The Kier molecular flexibility index (Phi) is 9.57. The summed E-state index contributed by atoms with van der Waals surface area (Å²) in [7, 11) is -3.84. The zero-order valence-corrected chi connectivity index (χ0v) is 16.0. The van der Waals surface area contributed by atoms with Crippen molar-refractivity contribution in [1.29, 1.82) is 0 Å². The molecule has 0 bridgehead atoms. The van der Waals surface area contributed by atoms with Crippen molar-refractivity contribution >= 4 is 28.3 Å². The van der Waals surface area contributed by atoms with E-state index in [1.807, 2.05) is 13.8 Å². The van der Waals surface area contributed by atoms with Gasteiger partial charge < -0.3 is 11.1 Å². The van der Waals surface area contributed by atoms with Crippen molar-refractivity contribution in [2.45, 2.75) is 37.4 Å². The fourth-order valence-corrected chi connectivity index (χ4v) is 3.38. The zero-order valence-electron chi connectivity index (χ0n) is 14.3. The summed E-state index contributed by atoms with van der Waals surface area (Å²) >= 11 is 0. The molecule has 0 radical (unpaired) electrons. The Morgan fingerprint density at radius 2 is 1.73 bits per heavy atom. The second-order valence-electron chi connectivity index (χ2n) is 6.01. The van der Waals surface area contributed by atoms with Crippen LogP contribution in [0.5, 0.6) is 0 Å². The van der Waals surface area contributed by atoms with Crippen LogP contribution in [0.3, 0.4) is 0 Å². The van der Waals surface area contributed by atoms with Gasteiger partial charge in [-0.25, -0.2) is 13.1 Å². The molecule has 1 rings (SSSR count). The van der Waals surface area contributed by atoms with Crippen LogP contribution in [-0.2, 0) is 10.0 Å². The molecule has 150 valence electrons. The van der Waals surface area contributed by atoms with Crippen LogP contribution in [0.1, 0.15) is 30.6 Å². The molecule has 0 fully saturated rings. The summed E-state index contributed by atoms with van der Waals surface area (Å²) < 4.78 is 63.3. The standard InChI is InChI=1S/C15H22F3N3O3S.ClH/c1-10(2)7-12(8-19)21-25(23,24)13-5-3-11(4-6-13)14(22)20-9-15(16,17)18;/h3-6,10,12,21H,7-9,19H2,1-2H3,(H,20,22);1H. The van der Waals surface area contributed by atoms with E-state index >= 15 is 0 Å². The average Bonchev–Trinajstić information content (AvgIpc) is 2.50. The third-order valence-electron chi connectivity index (χ3n) is 3.24. The number of halogens is 4. The monoisotopic (exact) mass is 417 g/mol. The van der Waals surface area contributed by atoms with Crippen LogP contribution in [0.15, 0.2) is 29.2 Å². The maximum Gasteiger partial charge on any atom is 0.405 e. The molecule has 1 aromatic carbocycles. The number of carbonyl (C=O) groups is 1. The maximum absolute atomic E-state index is 12.3. The van der Waals surface area contributed by atoms with E-state index in [0.29, 0.717) is 6.42 Å². The summed E-state index contributed by atoms with van der Waals surface area (Å²) in [5.74, 6) is -0.690. The molecule has 0 aliphatic rings. The summed E-state index contributed by atoms with van der Waals surface area (Å²) in [6.45, 7) is 2.55. The van der Waals surface area contributed by atoms with Crippen LogP contribution in [0, 0.1) is 5.92 Å². The molecule has 0 saturated heterocycles. The van der Waals surface area contributed by atoms with Crippen molar-refractivity contribution in [3.63, 3.8) is 0 Å². The zero-order chi connectivity index (χ0) is 19.3. The molecular weight excluding hydrogens is 395 g/mol. The number of benzene rings is 1. The Bertz CT molecular complexity index is 680. The number of alkyl halides is 3. The van der Waals surface area contributed by atoms with E-state index < -0.39 is 34.7 Å². The molecule has 4 N–H and O–H groups in total. The van der Waals surface area contributed by atoms with Gasteiger partial charge in [0.05, 0.1) is 4.90 Å². The van der Waals surface area contributed by atoms with Crippen LogP contribution in [0.4, 0.5) is 13.2 Å². The van der Waals surface area contributed by atoms with E-state index in [0.717, 1.165) is 24.3 Å². The van der Waals surface area contributed by atoms with Crippen molar-refractivity contribution in [3.8, 4) is 0 Å². The Labute approximate surface area is 157 Å². The van der Waals surface area contributed by atoms with Crippen molar-refractivity contribution in [2.24, 2.45) is 11.7 Å². The molecular formula is C15H23ClF3N3O3S. The number of nitrogens with two attached hydrogens (primary N) is 1. The molecule has 0 aliphatic heterocycles. The first-order chi connectivity index (χ1) is 11.4. The van der Waals surface area contributed by atoms with Crippen molar-refractivity contribution in [2.75, 3.05) is 13.1 Å². The Morgan fingerprint density at radius 1 is 1.19 bits per heavy atom. The Balaban J connectivity index is 0.00000625. The van der Waals surface area contributed by atoms with E-state index in [2.05, 4.69) is 4.72 Å². The van der Waals surface area contributed by atoms with Crippen molar-refractivity contribution in [3.05, 3.63) is 29.8 Å². The number of nitrogens with one attached hydrogen (secondary N) is 2. The SMILES string of the molecule is CC(C)CC(CN)NS(=O)(=O)c1ccc(C(=O)NCC(F)(F)F)cc1.Cl. The fourth-order valence-electron chi connectivity index (χ4n) is 2.12. The molecule has 0 saturated carbocycles. The second kappa shape index (κ2) is 10.1. The van der Waals surface area contributed by atoms with E-state index in [4.69, 9.17) is 5.73 Å². The number of rotatable bonds is 8. The predicted molar refractivity (Wildman–Crippen MR) is 94.7 cm³/mol. The minimum absolute atomic E-state index is 0. The Hall–Kier alpha value is -1.36. The van der Waals surface area contributed by atoms with Crippen LogP contribution >= 0.6 is 12.4 Å². The van der Waals surface area contributed by atoms with Gasteiger partial charge in [0, 0.05) is 18.2 Å². The lowest BCUT2D eigenvalue weighted by Gasteiger charge is -2.19. The second-order valence-corrected chi connectivity index (χ2v) is 7.72. The molecule has 1 atom stereocenters. The lowest BCUT2D eigenvalue weighted by Crippen LogP contribution is -2.41. The molecule has 0 heterocycles. The highest BCUT2D eigenvalue weighted by molar-refractivity contribution is 7.89. The molecule has 1 aromatic rings. The van der Waals surface area contributed by atoms with Gasteiger partial charge in [-0.3, -0.25) is 4.79 Å². The van der Waals surface area contributed by atoms with Gasteiger partial charge in [-0.1, -0.05) is 13.8 Å². The first-order valence-corrected chi connectivity index (χ1v) is 9.10. The van der Waals surface area contributed by atoms with Gasteiger partial charge in [0.1, 0.15) is 6.54 Å². The predicted octanol–water partition coefficient (Wildman–Crippen LogP) is 2.05. The largest absolute Gasteiger partial charge is 0.405 e. The van der Waals surface area contributed by atoms with Gasteiger partial charge in [-0.05, 0) is 36.6 Å². The van der Waals surface area contributed by atoms with Gasteiger partial charge in [0.2, 0.25) is 10.0 Å². The summed E-state index contributed by atoms with van der Waals surface area (Å²) in [5, 5.41) is 1.71. The lowest BCUT2D eigenvalue weighted by atomic mass is 10.1. The quantitative estimate of drug-likeness (QED) is 0.602. The minimum atomic E-state index is -4.52. The minimum Gasteiger partial charge on any atom is -0.343 e. The molecule has 0 aliphatic carbocycles. The number of sulfonamides is 1. The third-order valence-corrected chi connectivity index (χ3v) is 4.77. The van der Waals surface area contributed by atoms with Gasteiger partial charge in [0.15, 0.2) is 0 Å². The molecule has 1 amide bonds. The topological polar surface area (TPSA) is 101 Å². The molecule has 6 nitrogen and oxygen atoms in total.